The van der Waals surface area contributed by atoms with Crippen LogP contribution in [0.15, 0.2) is 84.3 Å². The monoisotopic (exact) mass is 784 g/mol. The maximum Gasteiger partial charge on any atom is 0.278 e. The van der Waals surface area contributed by atoms with Crippen LogP contribution in [-0.2, 0) is 34.7 Å². The van der Waals surface area contributed by atoms with Gasteiger partial charge in [-0.2, -0.15) is 4.98 Å². The van der Waals surface area contributed by atoms with Gasteiger partial charge in [-0.1, -0.05) is 24.3 Å². The Labute approximate surface area is 336 Å². The molecule has 3 aliphatic heterocycles. The normalized spacial score (nSPS) is 17.5. The number of hydrogen-bond donors (Lipinski definition) is 3. The highest BCUT2D eigenvalue weighted by atomic mass is 16.3. The topological polar surface area (TPSA) is 171 Å². The average Bonchev–Trinajstić information content (AvgIpc) is 3.69. The molecule has 58 heavy (non-hydrogen) atoms. The van der Waals surface area contributed by atoms with E-state index in [9.17, 15) is 24.3 Å². The number of carbonyl (C=O) groups excluding carboxylic acids is 3. The number of amides is 3. The molecule has 6 heterocycles. The molecule has 2 saturated heterocycles. The van der Waals surface area contributed by atoms with E-state index in [2.05, 4.69) is 55.2 Å². The molecule has 1 atom stereocenters. The first-order valence-electron chi connectivity index (χ1n) is 19.9. The minimum atomic E-state index is -1.17. The molecule has 0 saturated carbocycles. The van der Waals surface area contributed by atoms with Gasteiger partial charge in [-0.3, -0.25) is 29.4 Å². The molecule has 300 valence electrons. The van der Waals surface area contributed by atoms with Gasteiger partial charge in [-0.05, 0) is 99.7 Å². The summed E-state index contributed by atoms with van der Waals surface area (Å²) < 4.78 is 3.14. The number of piperidine rings is 1. The first kappa shape index (κ1) is 38.7. The van der Waals surface area contributed by atoms with E-state index in [0.29, 0.717) is 47.0 Å². The van der Waals surface area contributed by atoms with E-state index in [1.165, 1.54) is 10.9 Å². The van der Waals surface area contributed by atoms with Crippen LogP contribution in [0.5, 0.6) is 0 Å². The number of imide groups is 1. The molecule has 8 rings (SSSR count). The fraction of sp³-hybridized carbons (Fsp3) is 0.372. The second-order valence-corrected chi connectivity index (χ2v) is 15.7. The molecular formula is C43H48N10O5. The van der Waals surface area contributed by atoms with Gasteiger partial charge in [-0.25, -0.2) is 19.3 Å². The SMILES string of the molecule is C=CCn1c(=O)c2cnc(Nc3ccc(N4CCN(CCCCc5cccc6c5CN(C5CCC(=O)NC5=O)C6=O)CC4)cc3)nc2n1-c1cccc(C(C)(C)O)n1. The maximum absolute atomic E-state index is 13.4. The number of rotatable bonds is 13. The number of nitrogens with one attached hydrogen (secondary N) is 2. The third-order valence-electron chi connectivity index (χ3n) is 11.3. The van der Waals surface area contributed by atoms with Crippen molar-refractivity contribution in [3.63, 3.8) is 0 Å². The lowest BCUT2D eigenvalue weighted by Crippen LogP contribution is -2.52. The molecule has 3 N–H and O–H groups in total. The Morgan fingerprint density at radius 3 is 2.48 bits per heavy atom. The summed E-state index contributed by atoms with van der Waals surface area (Å²) in [7, 11) is 0. The number of aliphatic hydroxyl groups is 1. The Morgan fingerprint density at radius 1 is 0.966 bits per heavy atom. The summed E-state index contributed by atoms with van der Waals surface area (Å²) in [5.41, 5.74) is 4.18. The van der Waals surface area contributed by atoms with Gasteiger partial charge in [0.15, 0.2) is 11.5 Å². The lowest BCUT2D eigenvalue weighted by molar-refractivity contribution is -0.136. The Balaban J connectivity index is 0.847. The molecule has 0 radical (unpaired) electrons. The first-order valence-corrected chi connectivity index (χ1v) is 19.9. The van der Waals surface area contributed by atoms with Gasteiger partial charge in [0, 0.05) is 62.3 Å². The second kappa shape index (κ2) is 16.0. The van der Waals surface area contributed by atoms with E-state index >= 15 is 0 Å². The summed E-state index contributed by atoms with van der Waals surface area (Å²) >= 11 is 0. The highest BCUT2D eigenvalue weighted by Crippen LogP contribution is 2.31. The zero-order valence-corrected chi connectivity index (χ0v) is 32.9. The average molecular weight is 785 g/mol. The number of piperazine rings is 1. The van der Waals surface area contributed by atoms with Crippen molar-refractivity contribution in [2.24, 2.45) is 0 Å². The van der Waals surface area contributed by atoms with E-state index in [4.69, 9.17) is 4.98 Å². The van der Waals surface area contributed by atoms with Crippen molar-refractivity contribution in [1.82, 2.24) is 39.4 Å². The van der Waals surface area contributed by atoms with E-state index in [0.717, 1.165) is 74.5 Å². The summed E-state index contributed by atoms with van der Waals surface area (Å²) in [5.74, 6) is -0.0232. The van der Waals surface area contributed by atoms with Crippen molar-refractivity contribution >= 4 is 46.1 Å². The summed E-state index contributed by atoms with van der Waals surface area (Å²) in [5, 5.41) is 16.6. The fourth-order valence-corrected chi connectivity index (χ4v) is 8.14. The Hall–Kier alpha value is -6.19. The van der Waals surface area contributed by atoms with Crippen LogP contribution >= 0.6 is 0 Å². The number of hydrogen-bond acceptors (Lipinski definition) is 11. The third-order valence-corrected chi connectivity index (χ3v) is 11.3. The van der Waals surface area contributed by atoms with Crippen LogP contribution in [0.1, 0.15) is 66.7 Å². The van der Waals surface area contributed by atoms with Crippen LogP contribution < -0.4 is 21.1 Å². The lowest BCUT2D eigenvalue weighted by Gasteiger charge is -2.36. The predicted octanol–water partition coefficient (Wildman–Crippen LogP) is 4.04. The Bertz CT molecular complexity index is 2440. The summed E-state index contributed by atoms with van der Waals surface area (Å²) in [6.07, 6.45) is 6.68. The van der Waals surface area contributed by atoms with Crippen molar-refractivity contribution in [3.05, 3.63) is 112 Å². The van der Waals surface area contributed by atoms with Crippen LogP contribution in [0.4, 0.5) is 17.3 Å². The standard InChI is InChI=1S/C43H48N10O5/c1-4-20-52-41(57)32-26-44-42(48-38(32)53(52)36-13-8-12-35(46-36)43(2,3)58)45-29-14-16-30(17-15-29)50-24-22-49(23-25-50)21-6-5-9-28-10-7-11-31-33(28)27-51(40(31)56)34-18-19-37(54)47-39(34)55/h4,7-8,10-17,26,34,58H,1,5-6,9,18-25,27H2,2-3H3,(H,44,45,48)(H,47,54,55). The quantitative estimate of drug-likeness (QED) is 0.0895. The van der Waals surface area contributed by atoms with Gasteiger partial charge in [0.05, 0.1) is 12.2 Å². The number of fused-ring (bicyclic) bond motifs is 2. The number of nitrogens with zero attached hydrogens (tertiary/aromatic N) is 8. The number of aryl methyl sites for hydroxylation is 1. The summed E-state index contributed by atoms with van der Waals surface area (Å²) in [4.78, 5) is 71.1. The molecule has 15 heteroatoms. The molecule has 2 fully saturated rings. The molecule has 0 bridgehead atoms. The number of allylic oxidation sites excluding steroid dienone is 1. The number of benzene rings is 2. The smallest absolute Gasteiger partial charge is 0.278 e. The second-order valence-electron chi connectivity index (χ2n) is 15.7. The molecule has 0 spiro atoms. The molecule has 5 aromatic rings. The molecule has 1 unspecified atom stereocenters. The van der Waals surface area contributed by atoms with E-state index in [1.807, 2.05) is 24.3 Å². The van der Waals surface area contributed by atoms with Gasteiger partial charge in [0.25, 0.3) is 11.5 Å². The van der Waals surface area contributed by atoms with E-state index in [1.54, 1.807) is 47.7 Å². The van der Waals surface area contributed by atoms with Crippen molar-refractivity contribution in [2.75, 3.05) is 42.9 Å². The first-order chi connectivity index (χ1) is 28.0. The predicted molar refractivity (Wildman–Crippen MR) is 220 cm³/mol. The van der Waals surface area contributed by atoms with E-state index in [-0.39, 0.29) is 36.2 Å². The van der Waals surface area contributed by atoms with Crippen LogP contribution in [0.2, 0.25) is 0 Å². The largest absolute Gasteiger partial charge is 0.384 e. The molecular weight excluding hydrogens is 737 g/mol. The maximum atomic E-state index is 13.4. The van der Waals surface area contributed by atoms with Crippen molar-refractivity contribution in [2.45, 2.75) is 70.7 Å². The number of unbranched alkanes of at least 4 members (excludes halogenated alkanes) is 1. The zero-order chi connectivity index (χ0) is 40.6. The molecule has 2 aromatic carbocycles. The minimum Gasteiger partial charge on any atom is -0.384 e. The Kier molecular flexibility index (Phi) is 10.7. The lowest BCUT2D eigenvalue weighted by atomic mass is 9.98. The molecule has 15 nitrogen and oxygen atoms in total. The van der Waals surface area contributed by atoms with Crippen molar-refractivity contribution in [1.29, 1.82) is 0 Å². The van der Waals surface area contributed by atoms with Gasteiger partial charge in [0.1, 0.15) is 17.0 Å². The third kappa shape index (κ3) is 7.74. The number of pyridine rings is 1. The van der Waals surface area contributed by atoms with E-state index < -0.39 is 11.6 Å². The van der Waals surface area contributed by atoms with Gasteiger partial charge in [0.2, 0.25) is 17.8 Å². The van der Waals surface area contributed by atoms with Crippen LogP contribution in [0.3, 0.4) is 0 Å². The van der Waals surface area contributed by atoms with Crippen LogP contribution in [-0.4, -0.2) is 95.7 Å². The van der Waals surface area contributed by atoms with Crippen molar-refractivity contribution < 1.29 is 19.5 Å². The summed E-state index contributed by atoms with van der Waals surface area (Å²) in [6.45, 7) is 12.5. The van der Waals surface area contributed by atoms with Crippen LogP contribution in [0.25, 0.3) is 16.9 Å². The van der Waals surface area contributed by atoms with Gasteiger partial charge in [-0.15, -0.1) is 6.58 Å². The number of anilines is 3. The summed E-state index contributed by atoms with van der Waals surface area (Å²) in [6, 6.07) is 18.7. The highest BCUT2D eigenvalue weighted by Gasteiger charge is 2.39. The molecule has 0 aliphatic carbocycles. The van der Waals surface area contributed by atoms with Gasteiger partial charge >= 0.3 is 0 Å². The zero-order valence-electron chi connectivity index (χ0n) is 32.9. The van der Waals surface area contributed by atoms with Gasteiger partial charge < -0.3 is 20.2 Å². The molecule has 3 aromatic heterocycles. The molecule has 3 aliphatic rings. The minimum absolute atomic E-state index is 0.129. The number of carbonyl (C=O) groups is 3. The van der Waals surface area contributed by atoms with Crippen molar-refractivity contribution in [3.8, 4) is 5.82 Å². The fourth-order valence-electron chi connectivity index (χ4n) is 8.14. The molecule has 3 amide bonds. The number of aromatic nitrogens is 5. The van der Waals surface area contributed by atoms with Crippen LogP contribution in [0, 0.1) is 0 Å². The Morgan fingerprint density at radius 2 is 1.74 bits per heavy atom. The highest BCUT2D eigenvalue weighted by molar-refractivity contribution is 6.05.